The Balaban J connectivity index is 2.04. The van der Waals surface area contributed by atoms with Gasteiger partial charge in [-0.1, -0.05) is 32.0 Å². The molecule has 0 spiro atoms. The average molecular weight is 310 g/mol. The van der Waals surface area contributed by atoms with E-state index in [4.69, 9.17) is 0 Å². The Morgan fingerprint density at radius 3 is 2.70 bits per heavy atom. The van der Waals surface area contributed by atoms with Gasteiger partial charge in [-0.05, 0) is 42.8 Å². The van der Waals surface area contributed by atoms with Gasteiger partial charge in [-0.2, -0.15) is 5.10 Å². The Bertz CT molecular complexity index is 874. The number of hydrogen-bond acceptors (Lipinski definition) is 3. The fourth-order valence-electron chi connectivity index (χ4n) is 3.04. The highest BCUT2D eigenvalue weighted by molar-refractivity contribution is 5.89. The van der Waals surface area contributed by atoms with E-state index in [9.17, 15) is 4.79 Å². The van der Waals surface area contributed by atoms with Gasteiger partial charge in [0.05, 0.1) is 17.1 Å². The SMILES string of the molecule is CCN(CC)Cc1cccc(-c2[nH]c3cn[nH]c(=O)c3c2C)c1. The summed E-state index contributed by atoms with van der Waals surface area (Å²) in [6.45, 7) is 9.33. The summed E-state index contributed by atoms with van der Waals surface area (Å²) in [6.07, 6.45) is 1.66. The van der Waals surface area contributed by atoms with Crippen molar-refractivity contribution in [2.75, 3.05) is 13.1 Å². The molecule has 0 bridgehead atoms. The highest BCUT2D eigenvalue weighted by Crippen LogP contribution is 2.28. The topological polar surface area (TPSA) is 64.8 Å². The first-order chi connectivity index (χ1) is 11.1. The standard InChI is InChI=1S/C18H22N4O/c1-4-22(5-2)11-13-7-6-8-14(9-13)17-12(3)16-15(20-17)10-19-21-18(16)23/h6-10,20H,4-5,11H2,1-3H3,(H,21,23). The lowest BCUT2D eigenvalue weighted by molar-refractivity contribution is 0.296. The Morgan fingerprint density at radius 1 is 1.22 bits per heavy atom. The molecule has 5 heteroatoms. The summed E-state index contributed by atoms with van der Waals surface area (Å²) in [4.78, 5) is 17.7. The second-order valence-electron chi connectivity index (χ2n) is 5.77. The quantitative estimate of drug-likeness (QED) is 0.761. The van der Waals surface area contributed by atoms with Gasteiger partial charge in [0, 0.05) is 12.2 Å². The molecule has 0 saturated carbocycles. The lowest BCUT2D eigenvalue weighted by Crippen LogP contribution is -2.22. The normalized spacial score (nSPS) is 11.5. The number of aromatic amines is 2. The maximum Gasteiger partial charge on any atom is 0.273 e. The lowest BCUT2D eigenvalue weighted by atomic mass is 10.0. The number of aromatic nitrogens is 3. The minimum atomic E-state index is -0.151. The molecule has 120 valence electrons. The van der Waals surface area contributed by atoms with E-state index in [0.29, 0.717) is 5.39 Å². The van der Waals surface area contributed by atoms with Gasteiger partial charge in [0.2, 0.25) is 0 Å². The van der Waals surface area contributed by atoms with E-state index in [-0.39, 0.29) is 5.56 Å². The molecule has 2 heterocycles. The van der Waals surface area contributed by atoms with Crippen LogP contribution in [0.3, 0.4) is 0 Å². The van der Waals surface area contributed by atoms with E-state index < -0.39 is 0 Å². The second-order valence-corrected chi connectivity index (χ2v) is 5.77. The zero-order valence-corrected chi connectivity index (χ0v) is 13.8. The first-order valence-corrected chi connectivity index (χ1v) is 8.01. The van der Waals surface area contributed by atoms with Gasteiger partial charge in [0.15, 0.2) is 0 Å². The summed E-state index contributed by atoms with van der Waals surface area (Å²) in [7, 11) is 0. The minimum Gasteiger partial charge on any atom is -0.353 e. The van der Waals surface area contributed by atoms with Crippen LogP contribution in [0, 0.1) is 6.92 Å². The summed E-state index contributed by atoms with van der Waals surface area (Å²) < 4.78 is 0. The van der Waals surface area contributed by atoms with Crippen LogP contribution in [0.5, 0.6) is 0 Å². The van der Waals surface area contributed by atoms with Crippen LogP contribution in [0.25, 0.3) is 22.2 Å². The van der Waals surface area contributed by atoms with Crippen molar-refractivity contribution in [1.29, 1.82) is 0 Å². The zero-order chi connectivity index (χ0) is 16.4. The summed E-state index contributed by atoms with van der Waals surface area (Å²) in [5, 5.41) is 7.05. The van der Waals surface area contributed by atoms with Crippen LogP contribution in [-0.4, -0.2) is 33.2 Å². The van der Waals surface area contributed by atoms with E-state index in [1.807, 2.05) is 6.92 Å². The first kappa shape index (κ1) is 15.5. The van der Waals surface area contributed by atoms with Gasteiger partial charge in [0.25, 0.3) is 5.56 Å². The Hall–Kier alpha value is -2.40. The zero-order valence-electron chi connectivity index (χ0n) is 13.8. The van der Waals surface area contributed by atoms with Crippen LogP contribution in [0.15, 0.2) is 35.3 Å². The van der Waals surface area contributed by atoms with Crippen molar-refractivity contribution in [3.05, 3.63) is 51.9 Å². The van der Waals surface area contributed by atoms with Crippen molar-refractivity contribution in [2.45, 2.75) is 27.3 Å². The monoisotopic (exact) mass is 310 g/mol. The molecule has 3 rings (SSSR count). The van der Waals surface area contributed by atoms with E-state index in [1.54, 1.807) is 6.20 Å². The van der Waals surface area contributed by atoms with Gasteiger partial charge in [-0.3, -0.25) is 9.69 Å². The van der Waals surface area contributed by atoms with Crippen molar-refractivity contribution < 1.29 is 0 Å². The molecule has 0 aliphatic carbocycles. The number of H-pyrrole nitrogens is 2. The second kappa shape index (κ2) is 6.38. The maximum absolute atomic E-state index is 12.0. The van der Waals surface area contributed by atoms with Crippen molar-refractivity contribution >= 4 is 10.9 Å². The van der Waals surface area contributed by atoms with E-state index in [1.165, 1.54) is 5.56 Å². The smallest absolute Gasteiger partial charge is 0.273 e. The third kappa shape index (κ3) is 2.92. The van der Waals surface area contributed by atoms with Gasteiger partial charge >= 0.3 is 0 Å². The fourth-order valence-corrected chi connectivity index (χ4v) is 3.04. The van der Waals surface area contributed by atoms with Crippen LogP contribution < -0.4 is 5.56 Å². The van der Waals surface area contributed by atoms with Crippen molar-refractivity contribution in [2.24, 2.45) is 0 Å². The molecular weight excluding hydrogens is 288 g/mol. The molecule has 0 aliphatic heterocycles. The highest BCUT2D eigenvalue weighted by Gasteiger charge is 2.13. The minimum absolute atomic E-state index is 0.151. The molecule has 2 aromatic heterocycles. The van der Waals surface area contributed by atoms with Crippen molar-refractivity contribution in [3.63, 3.8) is 0 Å². The molecule has 2 N–H and O–H groups in total. The third-order valence-electron chi connectivity index (χ3n) is 4.38. The summed E-state index contributed by atoms with van der Waals surface area (Å²) in [5.41, 5.74) is 4.94. The van der Waals surface area contributed by atoms with Gasteiger partial charge in [-0.15, -0.1) is 0 Å². The number of aryl methyl sites for hydroxylation is 1. The maximum atomic E-state index is 12.0. The number of benzene rings is 1. The van der Waals surface area contributed by atoms with Gasteiger partial charge in [0.1, 0.15) is 0 Å². The summed E-state index contributed by atoms with van der Waals surface area (Å²) >= 11 is 0. The van der Waals surface area contributed by atoms with Crippen molar-refractivity contribution in [3.8, 4) is 11.3 Å². The molecule has 0 aliphatic rings. The summed E-state index contributed by atoms with van der Waals surface area (Å²) in [5.74, 6) is 0. The number of nitrogens with zero attached hydrogens (tertiary/aromatic N) is 2. The molecule has 23 heavy (non-hydrogen) atoms. The van der Waals surface area contributed by atoms with Gasteiger partial charge < -0.3 is 4.98 Å². The van der Waals surface area contributed by atoms with E-state index in [0.717, 1.165) is 42.0 Å². The van der Waals surface area contributed by atoms with Crippen LogP contribution in [0.4, 0.5) is 0 Å². The van der Waals surface area contributed by atoms with Crippen LogP contribution in [-0.2, 0) is 6.54 Å². The van der Waals surface area contributed by atoms with Crippen LogP contribution in [0.1, 0.15) is 25.0 Å². The van der Waals surface area contributed by atoms with E-state index >= 15 is 0 Å². The predicted octanol–water partition coefficient (Wildman–Crippen LogP) is 3.07. The molecule has 0 unspecified atom stereocenters. The number of rotatable bonds is 5. The molecule has 0 radical (unpaired) electrons. The van der Waals surface area contributed by atoms with Gasteiger partial charge in [-0.25, -0.2) is 5.10 Å². The molecule has 3 aromatic rings. The molecule has 5 nitrogen and oxygen atoms in total. The Labute approximate surface area is 135 Å². The molecule has 0 saturated heterocycles. The molecule has 0 atom stereocenters. The molecular formula is C18H22N4O. The van der Waals surface area contributed by atoms with Crippen LogP contribution >= 0.6 is 0 Å². The largest absolute Gasteiger partial charge is 0.353 e. The number of hydrogen-bond donors (Lipinski definition) is 2. The Morgan fingerprint density at radius 2 is 2.00 bits per heavy atom. The Kier molecular flexibility index (Phi) is 4.30. The molecule has 0 fully saturated rings. The molecule has 1 aromatic carbocycles. The predicted molar refractivity (Wildman–Crippen MR) is 93.5 cm³/mol. The van der Waals surface area contributed by atoms with Crippen molar-refractivity contribution in [1.82, 2.24) is 20.1 Å². The van der Waals surface area contributed by atoms with Crippen LogP contribution in [0.2, 0.25) is 0 Å². The number of nitrogens with one attached hydrogen (secondary N) is 2. The van der Waals surface area contributed by atoms with E-state index in [2.05, 4.69) is 58.2 Å². The fraction of sp³-hybridized carbons (Fsp3) is 0.333. The molecule has 0 amide bonds. The third-order valence-corrected chi connectivity index (χ3v) is 4.38. The number of fused-ring (bicyclic) bond motifs is 1. The lowest BCUT2D eigenvalue weighted by Gasteiger charge is -2.18. The summed E-state index contributed by atoms with van der Waals surface area (Å²) in [6, 6.07) is 8.48. The highest BCUT2D eigenvalue weighted by atomic mass is 16.1. The first-order valence-electron chi connectivity index (χ1n) is 8.01. The average Bonchev–Trinajstić information content (AvgIpc) is 2.91.